The van der Waals surface area contributed by atoms with E-state index in [1.807, 2.05) is 0 Å². The highest BCUT2D eigenvalue weighted by atomic mass is 19.1. The molecule has 2 N–H and O–H groups in total. The van der Waals surface area contributed by atoms with Crippen LogP contribution in [0.3, 0.4) is 0 Å². The van der Waals surface area contributed by atoms with E-state index in [1.165, 1.54) is 0 Å². The van der Waals surface area contributed by atoms with Crippen LogP contribution in [0.4, 0.5) is 24.7 Å². The maximum Gasteiger partial charge on any atom is 0.155 e. The predicted octanol–water partition coefficient (Wildman–Crippen LogP) is 3.19. The lowest BCUT2D eigenvalue weighted by Gasteiger charge is -2.07. The lowest BCUT2D eigenvalue weighted by molar-refractivity contribution is 0.548. The molecule has 0 radical (unpaired) electrons. The van der Waals surface area contributed by atoms with Crippen molar-refractivity contribution in [3.8, 4) is 0 Å². The molecule has 3 nitrogen and oxygen atoms in total. The first-order chi connectivity index (χ1) is 7.99. The molecule has 0 bridgehead atoms. The summed E-state index contributed by atoms with van der Waals surface area (Å²) < 4.78 is 39.4. The van der Waals surface area contributed by atoms with Gasteiger partial charge in [-0.25, -0.2) is 13.2 Å². The third-order valence-corrected chi connectivity index (χ3v) is 2.50. The van der Waals surface area contributed by atoms with Gasteiger partial charge in [-0.3, -0.25) is 5.10 Å². The summed E-state index contributed by atoms with van der Waals surface area (Å²) in [6.45, 7) is 3.53. The van der Waals surface area contributed by atoms with Crippen molar-refractivity contribution in [2.45, 2.75) is 13.8 Å². The summed E-state index contributed by atoms with van der Waals surface area (Å²) in [6.07, 6.45) is 0. The minimum Gasteiger partial charge on any atom is -0.334 e. The van der Waals surface area contributed by atoms with E-state index in [2.05, 4.69) is 15.5 Å². The maximum absolute atomic E-state index is 13.4. The van der Waals surface area contributed by atoms with Crippen LogP contribution in [-0.2, 0) is 0 Å². The van der Waals surface area contributed by atoms with Gasteiger partial charge in [0.25, 0.3) is 0 Å². The molecule has 0 fully saturated rings. The van der Waals surface area contributed by atoms with Crippen LogP contribution in [0.2, 0.25) is 0 Å². The molecule has 2 rings (SSSR count). The largest absolute Gasteiger partial charge is 0.334 e. The SMILES string of the molecule is Cc1[nH]nc(Nc2c(F)cc(F)cc2F)c1C. The molecule has 2 aromatic rings. The average molecular weight is 241 g/mol. The van der Waals surface area contributed by atoms with Gasteiger partial charge in [-0.15, -0.1) is 0 Å². The normalized spacial score (nSPS) is 10.6. The molecule has 0 unspecified atom stereocenters. The van der Waals surface area contributed by atoms with Crippen LogP contribution in [0.25, 0.3) is 0 Å². The second kappa shape index (κ2) is 4.12. The van der Waals surface area contributed by atoms with Gasteiger partial charge in [-0.2, -0.15) is 5.10 Å². The zero-order valence-corrected chi connectivity index (χ0v) is 9.24. The molecular formula is C11H10F3N3. The number of H-pyrrole nitrogens is 1. The number of hydrogen-bond donors (Lipinski definition) is 2. The summed E-state index contributed by atoms with van der Waals surface area (Å²) in [5.74, 6) is -2.64. The Kier molecular flexibility index (Phi) is 2.79. The highest BCUT2D eigenvalue weighted by Crippen LogP contribution is 2.25. The van der Waals surface area contributed by atoms with Gasteiger partial charge >= 0.3 is 0 Å². The van der Waals surface area contributed by atoms with Crippen molar-refractivity contribution in [1.29, 1.82) is 0 Å². The van der Waals surface area contributed by atoms with E-state index in [9.17, 15) is 13.2 Å². The number of aromatic nitrogens is 2. The van der Waals surface area contributed by atoms with Crippen molar-refractivity contribution in [2.24, 2.45) is 0 Å². The topological polar surface area (TPSA) is 40.7 Å². The molecule has 0 atom stereocenters. The zero-order valence-electron chi connectivity index (χ0n) is 9.24. The molecular weight excluding hydrogens is 231 g/mol. The van der Waals surface area contributed by atoms with Crippen LogP contribution in [0, 0.1) is 31.3 Å². The summed E-state index contributed by atoms with van der Waals surface area (Å²) >= 11 is 0. The van der Waals surface area contributed by atoms with Crippen LogP contribution in [-0.4, -0.2) is 10.2 Å². The summed E-state index contributed by atoms with van der Waals surface area (Å²) in [7, 11) is 0. The molecule has 0 aliphatic carbocycles. The number of hydrogen-bond acceptors (Lipinski definition) is 2. The smallest absolute Gasteiger partial charge is 0.155 e. The number of nitrogens with one attached hydrogen (secondary N) is 2. The second-order valence-corrected chi connectivity index (χ2v) is 3.69. The number of anilines is 2. The fourth-order valence-corrected chi connectivity index (χ4v) is 1.39. The number of aryl methyl sites for hydroxylation is 1. The Morgan fingerprint density at radius 1 is 1.12 bits per heavy atom. The van der Waals surface area contributed by atoms with Gasteiger partial charge in [0.2, 0.25) is 0 Å². The molecule has 17 heavy (non-hydrogen) atoms. The Balaban J connectivity index is 2.40. The molecule has 1 aromatic carbocycles. The van der Waals surface area contributed by atoms with Crippen molar-refractivity contribution in [1.82, 2.24) is 10.2 Å². The summed E-state index contributed by atoms with van der Waals surface area (Å²) in [5.41, 5.74) is 1.12. The van der Waals surface area contributed by atoms with Gasteiger partial charge in [-0.05, 0) is 13.8 Å². The van der Waals surface area contributed by atoms with Gasteiger partial charge in [0.15, 0.2) is 17.5 Å². The van der Waals surface area contributed by atoms with Crippen molar-refractivity contribution >= 4 is 11.5 Å². The number of nitrogens with zero attached hydrogens (tertiary/aromatic N) is 1. The highest BCUT2D eigenvalue weighted by Gasteiger charge is 2.14. The quantitative estimate of drug-likeness (QED) is 0.847. The fourth-order valence-electron chi connectivity index (χ4n) is 1.39. The van der Waals surface area contributed by atoms with E-state index in [-0.39, 0.29) is 0 Å². The number of halogens is 3. The fraction of sp³-hybridized carbons (Fsp3) is 0.182. The first-order valence-electron chi connectivity index (χ1n) is 4.92. The van der Waals surface area contributed by atoms with Crippen LogP contribution < -0.4 is 5.32 Å². The summed E-state index contributed by atoms with van der Waals surface area (Å²) in [5, 5.41) is 9.03. The van der Waals surface area contributed by atoms with Crippen LogP contribution in [0.5, 0.6) is 0 Å². The van der Waals surface area contributed by atoms with E-state index < -0.39 is 23.1 Å². The number of benzene rings is 1. The molecule has 1 heterocycles. The Hall–Kier alpha value is -1.98. The number of aromatic amines is 1. The first kappa shape index (κ1) is 11.5. The zero-order chi connectivity index (χ0) is 12.6. The van der Waals surface area contributed by atoms with Crippen molar-refractivity contribution < 1.29 is 13.2 Å². The van der Waals surface area contributed by atoms with E-state index >= 15 is 0 Å². The lowest BCUT2D eigenvalue weighted by atomic mass is 10.2. The molecule has 0 saturated heterocycles. The molecule has 0 aliphatic heterocycles. The number of rotatable bonds is 2. The third kappa shape index (κ3) is 2.11. The van der Waals surface area contributed by atoms with Crippen LogP contribution in [0.15, 0.2) is 12.1 Å². The van der Waals surface area contributed by atoms with E-state index in [0.29, 0.717) is 18.0 Å². The van der Waals surface area contributed by atoms with Gasteiger partial charge in [0.1, 0.15) is 11.5 Å². The Morgan fingerprint density at radius 2 is 1.71 bits per heavy atom. The standard InChI is InChI=1S/C11H10F3N3/c1-5-6(2)16-17-11(5)15-10-8(13)3-7(12)4-9(10)14/h3-4H,1-2H3,(H2,15,16,17). The minimum absolute atomic E-state index is 0.312. The second-order valence-electron chi connectivity index (χ2n) is 3.69. The van der Waals surface area contributed by atoms with Gasteiger partial charge in [0.05, 0.1) is 0 Å². The minimum atomic E-state index is -0.998. The third-order valence-electron chi connectivity index (χ3n) is 2.50. The van der Waals surface area contributed by atoms with Gasteiger partial charge in [-0.1, -0.05) is 0 Å². The Labute approximate surface area is 95.7 Å². The molecule has 0 aliphatic rings. The van der Waals surface area contributed by atoms with Gasteiger partial charge < -0.3 is 5.32 Å². The summed E-state index contributed by atoms with van der Waals surface area (Å²) in [4.78, 5) is 0. The molecule has 0 saturated carbocycles. The first-order valence-corrected chi connectivity index (χ1v) is 4.92. The highest BCUT2D eigenvalue weighted by molar-refractivity contribution is 5.61. The monoisotopic (exact) mass is 241 g/mol. The Bertz CT molecular complexity index is 540. The van der Waals surface area contributed by atoms with E-state index in [4.69, 9.17) is 0 Å². The Morgan fingerprint density at radius 3 is 2.18 bits per heavy atom. The van der Waals surface area contributed by atoms with Crippen LogP contribution in [0.1, 0.15) is 11.3 Å². The van der Waals surface area contributed by atoms with Crippen molar-refractivity contribution in [2.75, 3.05) is 5.32 Å². The van der Waals surface area contributed by atoms with Gasteiger partial charge in [0, 0.05) is 23.4 Å². The van der Waals surface area contributed by atoms with E-state index in [0.717, 1.165) is 11.3 Å². The van der Waals surface area contributed by atoms with Crippen molar-refractivity contribution in [3.63, 3.8) is 0 Å². The molecule has 0 amide bonds. The average Bonchev–Trinajstić information content (AvgIpc) is 2.54. The molecule has 0 spiro atoms. The van der Waals surface area contributed by atoms with Crippen LogP contribution >= 0.6 is 0 Å². The predicted molar refractivity (Wildman–Crippen MR) is 57.7 cm³/mol. The van der Waals surface area contributed by atoms with E-state index in [1.54, 1.807) is 13.8 Å². The molecule has 90 valence electrons. The molecule has 1 aromatic heterocycles. The van der Waals surface area contributed by atoms with Crippen molar-refractivity contribution in [3.05, 3.63) is 40.8 Å². The lowest BCUT2D eigenvalue weighted by Crippen LogP contribution is -2.00. The summed E-state index contributed by atoms with van der Waals surface area (Å²) in [6, 6.07) is 1.22. The maximum atomic E-state index is 13.4. The molecule has 6 heteroatoms.